The minimum atomic E-state index is -2.17. The molecule has 56 heavy (non-hydrogen) atoms. The molecule has 26 heteroatoms. The van der Waals surface area contributed by atoms with Crippen molar-refractivity contribution in [2.75, 3.05) is 33.0 Å². The fourth-order valence-corrected chi connectivity index (χ4v) is 6.93. The van der Waals surface area contributed by atoms with E-state index in [1.807, 2.05) is 0 Å². The lowest BCUT2D eigenvalue weighted by atomic mass is 9.95. The Morgan fingerprint density at radius 1 is 0.304 bits per heavy atom. The van der Waals surface area contributed by atoms with Gasteiger partial charge in [-0.1, -0.05) is 0 Å². The molecule has 1 unspecified atom stereocenters. The maximum atomic E-state index is 11.3. The van der Waals surface area contributed by atoms with Gasteiger partial charge in [0.05, 0.1) is 33.0 Å². The van der Waals surface area contributed by atoms with Crippen LogP contribution in [0.2, 0.25) is 0 Å². The highest BCUT2D eigenvalue weighted by Gasteiger charge is 2.55. The first-order chi connectivity index (χ1) is 26.5. The van der Waals surface area contributed by atoms with Gasteiger partial charge in [0.2, 0.25) is 0 Å². The molecule has 0 aromatic rings. The van der Waals surface area contributed by atoms with Crippen LogP contribution in [-0.4, -0.2) is 273 Å². The average Bonchev–Trinajstić information content (AvgIpc) is 3.19. The third-order valence-corrected chi connectivity index (χ3v) is 10.3. The molecule has 5 aliphatic heterocycles. The number of hydrogen-bond donors (Lipinski definition) is 17. The Balaban J connectivity index is 1.34. The first kappa shape index (κ1) is 46.0. The Morgan fingerprint density at radius 2 is 0.625 bits per heavy atom. The monoisotopic (exact) mass is 828 g/mol. The van der Waals surface area contributed by atoms with Gasteiger partial charge in [0.25, 0.3) is 0 Å². The maximum absolute atomic E-state index is 11.3. The van der Waals surface area contributed by atoms with Crippen LogP contribution in [0, 0.1) is 0 Å². The van der Waals surface area contributed by atoms with Crippen molar-refractivity contribution >= 4 is 0 Å². The molecule has 0 radical (unpaired) electrons. The van der Waals surface area contributed by atoms with E-state index in [4.69, 9.17) is 42.6 Å². The predicted octanol–water partition coefficient (Wildman–Crippen LogP) is -11.9. The first-order valence-electron chi connectivity index (χ1n) is 17.6. The molecule has 0 spiro atoms. The lowest BCUT2D eigenvalue weighted by molar-refractivity contribution is -0.391. The molecule has 0 aliphatic carbocycles. The molecule has 25 atom stereocenters. The van der Waals surface area contributed by atoms with Gasteiger partial charge in [-0.3, -0.25) is 0 Å². The van der Waals surface area contributed by atoms with E-state index < -0.39 is 187 Å². The molecule has 5 rings (SSSR count). The van der Waals surface area contributed by atoms with Crippen molar-refractivity contribution in [2.45, 2.75) is 154 Å². The van der Waals surface area contributed by atoms with Crippen LogP contribution in [0.3, 0.4) is 0 Å². The summed E-state index contributed by atoms with van der Waals surface area (Å²) in [5, 5.41) is 176. The predicted molar refractivity (Wildman–Crippen MR) is 167 cm³/mol. The molecule has 17 N–H and O–H groups in total. The fraction of sp³-hybridized carbons (Fsp3) is 1.00. The highest BCUT2D eigenvalue weighted by molar-refractivity contribution is 4.98. The van der Waals surface area contributed by atoms with Crippen molar-refractivity contribution in [2.24, 2.45) is 0 Å². The van der Waals surface area contributed by atoms with Crippen molar-refractivity contribution in [3.8, 4) is 0 Å². The summed E-state index contributed by atoms with van der Waals surface area (Å²) in [5.41, 5.74) is 0. The van der Waals surface area contributed by atoms with Crippen molar-refractivity contribution in [3.05, 3.63) is 0 Å². The van der Waals surface area contributed by atoms with Crippen LogP contribution in [-0.2, 0) is 42.6 Å². The molecule has 5 heterocycles. The van der Waals surface area contributed by atoms with Crippen LogP contribution in [0.1, 0.15) is 0 Å². The highest BCUT2D eigenvalue weighted by Crippen LogP contribution is 2.35. The van der Waals surface area contributed by atoms with Crippen molar-refractivity contribution in [3.63, 3.8) is 0 Å². The van der Waals surface area contributed by atoms with Gasteiger partial charge in [0, 0.05) is 0 Å². The molecule has 5 aliphatic rings. The van der Waals surface area contributed by atoms with E-state index in [9.17, 15) is 86.8 Å². The lowest BCUT2D eigenvalue weighted by Crippen LogP contribution is -2.67. The van der Waals surface area contributed by atoms with Gasteiger partial charge in [0.1, 0.15) is 122 Å². The van der Waals surface area contributed by atoms with Gasteiger partial charge in [-0.25, -0.2) is 0 Å². The van der Waals surface area contributed by atoms with Gasteiger partial charge in [0.15, 0.2) is 31.5 Å². The molecular formula is C30H52O26. The first-order valence-corrected chi connectivity index (χ1v) is 17.6. The quantitative estimate of drug-likeness (QED) is 0.0819. The Hall–Kier alpha value is -1.04. The minimum absolute atomic E-state index is 0.827. The number of rotatable bonds is 13. The molecule has 0 aromatic heterocycles. The van der Waals surface area contributed by atoms with Crippen LogP contribution in [0.5, 0.6) is 0 Å². The molecule has 0 bridgehead atoms. The van der Waals surface area contributed by atoms with E-state index in [2.05, 4.69) is 0 Å². The molecule has 0 amide bonds. The van der Waals surface area contributed by atoms with Crippen molar-refractivity contribution in [1.82, 2.24) is 0 Å². The van der Waals surface area contributed by atoms with E-state index in [0.717, 1.165) is 0 Å². The van der Waals surface area contributed by atoms with Crippen LogP contribution in [0.15, 0.2) is 0 Å². The Bertz CT molecular complexity index is 1200. The largest absolute Gasteiger partial charge is 0.394 e. The van der Waals surface area contributed by atoms with Gasteiger partial charge < -0.3 is 129 Å². The maximum Gasteiger partial charge on any atom is 0.187 e. The summed E-state index contributed by atoms with van der Waals surface area (Å²) in [5.74, 6) is 0. The second-order valence-electron chi connectivity index (χ2n) is 14.0. The summed E-state index contributed by atoms with van der Waals surface area (Å²) in [4.78, 5) is 0. The second-order valence-corrected chi connectivity index (χ2v) is 14.0. The number of aliphatic hydroxyl groups excluding tert-OH is 17. The number of hydrogen-bond acceptors (Lipinski definition) is 26. The van der Waals surface area contributed by atoms with E-state index in [-0.39, 0.29) is 0 Å². The van der Waals surface area contributed by atoms with E-state index in [0.29, 0.717) is 0 Å². The molecule has 5 saturated heterocycles. The molecule has 0 saturated carbocycles. The summed E-state index contributed by atoms with van der Waals surface area (Å²) in [7, 11) is 0. The standard InChI is InChI=1S/C30H52O26/c31-1-6-11(35)13(37)19(43)27(50-6)48-5-10-25(56-28-20(44)14(38)12(36)7(2-32)51-28)17(41)22(46)30(53-10)55-24-9(4-34)52-29(21(45)16(24)40)54-23-8(3-33)49-26(47)18(42)15(23)39/h6-47H,1-5H2/t6-,7-,8-,9-,10-,11+,12-,13+,14+,15-,16-,17-,18+,19-,20+,21+,22+,23-,24-,25-,26?,27+,28+,29+,30+/m1/s1. The van der Waals surface area contributed by atoms with E-state index in [1.165, 1.54) is 0 Å². The number of aliphatic hydroxyl groups is 17. The third kappa shape index (κ3) is 9.31. The molecule has 26 nitrogen and oxygen atoms in total. The third-order valence-electron chi connectivity index (χ3n) is 10.3. The smallest absolute Gasteiger partial charge is 0.187 e. The number of ether oxygens (including phenoxy) is 9. The molecular weight excluding hydrogens is 776 g/mol. The van der Waals surface area contributed by atoms with Crippen molar-refractivity contribution < 1.29 is 129 Å². The summed E-state index contributed by atoms with van der Waals surface area (Å²) < 4.78 is 49.5. The normalized spacial score (nSPS) is 53.2. The van der Waals surface area contributed by atoms with Gasteiger partial charge in [-0.15, -0.1) is 0 Å². The minimum Gasteiger partial charge on any atom is -0.394 e. The Labute approximate surface area is 316 Å². The van der Waals surface area contributed by atoms with Crippen LogP contribution in [0.25, 0.3) is 0 Å². The van der Waals surface area contributed by atoms with Crippen LogP contribution >= 0.6 is 0 Å². The van der Waals surface area contributed by atoms with Crippen LogP contribution in [0.4, 0.5) is 0 Å². The average molecular weight is 829 g/mol. The van der Waals surface area contributed by atoms with Gasteiger partial charge in [-0.2, -0.15) is 0 Å². The SMILES string of the molecule is OC[C@H]1O[C@H](OC[C@H]2O[C@@H](O[C@H]3[C@H](O)[C@H](O)[C@H](O[C@H]4[C@H](O)[C@H](O)C(O)O[C@@H]4CO)O[C@@H]3CO)[C@@H](O)[C@@H](O)[C@@H]2O[C@@H]2O[C@H](CO)[C@@H](O)[C@H](O)[C@@H]2O)[C@H](O)[C@@H](O)[C@H]1O. The highest BCUT2D eigenvalue weighted by atomic mass is 16.8. The summed E-state index contributed by atoms with van der Waals surface area (Å²) in [6, 6.07) is 0. The van der Waals surface area contributed by atoms with E-state index in [1.54, 1.807) is 0 Å². The topological polar surface area (TPSA) is 427 Å². The summed E-state index contributed by atoms with van der Waals surface area (Å²) >= 11 is 0. The summed E-state index contributed by atoms with van der Waals surface area (Å²) in [6.07, 6.45) is -46.3. The zero-order chi connectivity index (χ0) is 41.3. The van der Waals surface area contributed by atoms with E-state index >= 15 is 0 Å². The zero-order valence-electron chi connectivity index (χ0n) is 29.2. The molecule has 328 valence electrons. The van der Waals surface area contributed by atoms with Crippen LogP contribution < -0.4 is 0 Å². The fourth-order valence-electron chi connectivity index (χ4n) is 6.93. The van der Waals surface area contributed by atoms with Gasteiger partial charge >= 0.3 is 0 Å². The second kappa shape index (κ2) is 19.6. The molecule has 0 aromatic carbocycles. The Kier molecular flexibility index (Phi) is 16.1. The summed E-state index contributed by atoms with van der Waals surface area (Å²) in [6.45, 7) is -4.37. The van der Waals surface area contributed by atoms with Gasteiger partial charge in [-0.05, 0) is 0 Å². The lowest BCUT2D eigenvalue weighted by Gasteiger charge is -2.49. The molecule has 5 fully saturated rings. The Morgan fingerprint density at radius 3 is 1.07 bits per heavy atom. The van der Waals surface area contributed by atoms with Crippen molar-refractivity contribution in [1.29, 1.82) is 0 Å². The zero-order valence-corrected chi connectivity index (χ0v) is 29.2.